The third-order valence-corrected chi connectivity index (χ3v) is 6.31. The molecule has 1 atom stereocenters. The SMILES string of the molecule is CC(C)(O)[C@@H](CC(=O)Cc1cc2c(cn1)C(NC(=O)OC1CCOCC1)=NC2)c1ccc(F)cc1. The number of hydrogen-bond donors (Lipinski definition) is 2. The fourth-order valence-electron chi connectivity index (χ4n) is 4.39. The molecule has 0 spiro atoms. The quantitative estimate of drug-likeness (QED) is 0.624. The summed E-state index contributed by atoms with van der Waals surface area (Å²) in [5, 5.41) is 13.3. The minimum Gasteiger partial charge on any atom is -0.446 e. The van der Waals surface area contributed by atoms with Crippen LogP contribution in [0, 0.1) is 5.82 Å². The smallest absolute Gasteiger partial charge is 0.413 e. The molecule has 4 rings (SSSR count). The Hall–Kier alpha value is -3.17. The van der Waals surface area contributed by atoms with Gasteiger partial charge < -0.3 is 14.6 Å². The summed E-state index contributed by atoms with van der Waals surface area (Å²) in [7, 11) is 0. The Balaban J connectivity index is 1.36. The number of aliphatic imine (C=N–C) groups is 1. The van der Waals surface area contributed by atoms with Crippen molar-refractivity contribution in [1.82, 2.24) is 10.3 Å². The van der Waals surface area contributed by atoms with Crippen LogP contribution >= 0.6 is 0 Å². The summed E-state index contributed by atoms with van der Waals surface area (Å²) in [4.78, 5) is 33.9. The number of alkyl carbamates (subject to hydrolysis) is 1. The minimum absolute atomic E-state index is 0.0915. The highest BCUT2D eigenvalue weighted by Crippen LogP contribution is 2.32. The van der Waals surface area contributed by atoms with Crippen LogP contribution in [-0.2, 0) is 27.2 Å². The van der Waals surface area contributed by atoms with E-state index in [0.29, 0.717) is 55.3 Å². The topological polar surface area (TPSA) is 110 Å². The number of ketones is 1. The van der Waals surface area contributed by atoms with E-state index in [0.717, 1.165) is 5.56 Å². The molecule has 0 unspecified atom stereocenters. The fourth-order valence-corrected chi connectivity index (χ4v) is 4.39. The molecular formula is C26H30FN3O5. The number of fused-ring (bicyclic) bond motifs is 1. The number of nitrogens with one attached hydrogen (secondary N) is 1. The number of ether oxygens (including phenoxy) is 2. The van der Waals surface area contributed by atoms with Crippen molar-refractivity contribution in [3.8, 4) is 0 Å². The van der Waals surface area contributed by atoms with E-state index in [1.165, 1.54) is 12.1 Å². The van der Waals surface area contributed by atoms with Gasteiger partial charge in [0.1, 0.15) is 23.5 Å². The van der Waals surface area contributed by atoms with Gasteiger partial charge in [-0.2, -0.15) is 0 Å². The lowest BCUT2D eigenvalue weighted by molar-refractivity contribution is -0.120. The highest BCUT2D eigenvalue weighted by atomic mass is 19.1. The Morgan fingerprint density at radius 2 is 1.97 bits per heavy atom. The molecule has 35 heavy (non-hydrogen) atoms. The van der Waals surface area contributed by atoms with Gasteiger partial charge in [0.05, 0.1) is 25.4 Å². The maximum Gasteiger partial charge on any atom is 0.413 e. The average Bonchev–Trinajstić information content (AvgIpc) is 3.20. The summed E-state index contributed by atoms with van der Waals surface area (Å²) in [6.07, 6.45) is 2.41. The van der Waals surface area contributed by atoms with Gasteiger partial charge in [-0.05, 0) is 43.2 Å². The molecule has 0 radical (unpaired) electrons. The monoisotopic (exact) mass is 483 g/mol. The number of carbonyl (C=O) groups excluding carboxylic acids is 2. The highest BCUT2D eigenvalue weighted by Gasteiger charge is 2.31. The first-order valence-corrected chi connectivity index (χ1v) is 11.8. The number of aliphatic hydroxyl groups is 1. The first-order chi connectivity index (χ1) is 16.7. The van der Waals surface area contributed by atoms with Crippen molar-refractivity contribution in [3.63, 3.8) is 0 Å². The Morgan fingerprint density at radius 1 is 1.26 bits per heavy atom. The zero-order valence-corrected chi connectivity index (χ0v) is 19.9. The molecule has 2 aliphatic rings. The molecule has 1 fully saturated rings. The summed E-state index contributed by atoms with van der Waals surface area (Å²) in [5.41, 5.74) is 1.69. The van der Waals surface area contributed by atoms with E-state index in [2.05, 4.69) is 15.3 Å². The van der Waals surface area contributed by atoms with Crippen LogP contribution in [0.1, 0.15) is 61.4 Å². The van der Waals surface area contributed by atoms with Gasteiger partial charge in [-0.3, -0.25) is 20.1 Å². The predicted octanol–water partition coefficient (Wildman–Crippen LogP) is 3.44. The number of benzene rings is 1. The number of rotatable bonds is 7. The van der Waals surface area contributed by atoms with Crippen molar-refractivity contribution in [3.05, 3.63) is 64.7 Å². The van der Waals surface area contributed by atoms with E-state index in [1.807, 2.05) is 6.07 Å². The number of Topliss-reactive ketones (excluding diaryl/α,β-unsaturated/α-hetero) is 1. The molecule has 8 nitrogen and oxygen atoms in total. The van der Waals surface area contributed by atoms with Gasteiger partial charge in [0, 0.05) is 49.1 Å². The van der Waals surface area contributed by atoms with Crippen LogP contribution in [0.2, 0.25) is 0 Å². The lowest BCUT2D eigenvalue weighted by Crippen LogP contribution is -2.35. The Labute approximate surface area is 203 Å². The summed E-state index contributed by atoms with van der Waals surface area (Å²) < 4.78 is 24.0. The Kier molecular flexibility index (Phi) is 7.57. The Bertz CT molecular complexity index is 1100. The van der Waals surface area contributed by atoms with Crippen LogP contribution in [-0.4, -0.2) is 52.7 Å². The number of nitrogens with zero attached hydrogens (tertiary/aromatic N) is 2. The van der Waals surface area contributed by atoms with Crippen molar-refractivity contribution in [2.45, 2.75) is 63.7 Å². The number of amidine groups is 1. The molecule has 1 saturated heterocycles. The van der Waals surface area contributed by atoms with Crippen LogP contribution in [0.25, 0.3) is 0 Å². The van der Waals surface area contributed by atoms with Gasteiger partial charge in [-0.1, -0.05) is 12.1 Å². The first kappa shape index (κ1) is 24.9. The second-order valence-electron chi connectivity index (χ2n) is 9.52. The molecule has 0 bridgehead atoms. The maximum atomic E-state index is 13.3. The average molecular weight is 484 g/mol. The number of halogens is 1. The minimum atomic E-state index is -1.16. The molecule has 1 aromatic carbocycles. The third kappa shape index (κ3) is 6.49. The van der Waals surface area contributed by atoms with Gasteiger partial charge in [0.2, 0.25) is 0 Å². The van der Waals surface area contributed by atoms with Crippen molar-refractivity contribution in [2.75, 3.05) is 13.2 Å². The number of aromatic nitrogens is 1. The largest absolute Gasteiger partial charge is 0.446 e. The molecule has 9 heteroatoms. The number of amides is 1. The van der Waals surface area contributed by atoms with E-state index in [9.17, 15) is 19.1 Å². The van der Waals surface area contributed by atoms with Crippen LogP contribution in [0.15, 0.2) is 41.5 Å². The van der Waals surface area contributed by atoms with E-state index >= 15 is 0 Å². The summed E-state index contributed by atoms with van der Waals surface area (Å²) in [5.74, 6) is -0.539. The van der Waals surface area contributed by atoms with Gasteiger partial charge in [0.15, 0.2) is 0 Å². The van der Waals surface area contributed by atoms with E-state index in [4.69, 9.17) is 9.47 Å². The van der Waals surface area contributed by atoms with Crippen LogP contribution in [0.5, 0.6) is 0 Å². The molecule has 1 amide bonds. The molecule has 3 heterocycles. The van der Waals surface area contributed by atoms with Crippen molar-refractivity contribution < 1.29 is 28.6 Å². The predicted molar refractivity (Wildman–Crippen MR) is 127 cm³/mol. The van der Waals surface area contributed by atoms with Crippen molar-refractivity contribution in [2.24, 2.45) is 4.99 Å². The van der Waals surface area contributed by atoms with Crippen molar-refractivity contribution >= 4 is 17.7 Å². The zero-order chi connectivity index (χ0) is 25.0. The second-order valence-corrected chi connectivity index (χ2v) is 9.52. The van der Waals surface area contributed by atoms with Gasteiger partial charge in [0.25, 0.3) is 0 Å². The molecule has 0 aliphatic carbocycles. The number of hydrogen-bond acceptors (Lipinski definition) is 7. The van der Waals surface area contributed by atoms with E-state index < -0.39 is 17.6 Å². The summed E-state index contributed by atoms with van der Waals surface area (Å²) in [6, 6.07) is 7.65. The standard InChI is InChI=1S/C26H30FN3O5/c1-26(2,33)23(16-3-5-18(27)6-4-16)13-20(31)12-19-11-17-14-29-24(22(17)15-28-19)30-25(32)35-21-7-9-34-10-8-21/h3-6,11,15,21,23,33H,7-10,12-14H2,1-2H3,(H,29,30,32)/t23-/m0/s1. The molecular weight excluding hydrogens is 453 g/mol. The van der Waals surface area contributed by atoms with Crippen molar-refractivity contribution in [1.29, 1.82) is 0 Å². The third-order valence-electron chi connectivity index (χ3n) is 6.31. The molecule has 2 aromatic rings. The zero-order valence-electron chi connectivity index (χ0n) is 19.9. The molecule has 186 valence electrons. The van der Waals surface area contributed by atoms with Gasteiger partial charge >= 0.3 is 6.09 Å². The Morgan fingerprint density at radius 3 is 2.66 bits per heavy atom. The lowest BCUT2D eigenvalue weighted by atomic mass is 9.80. The molecule has 0 saturated carbocycles. The number of pyridine rings is 1. The first-order valence-electron chi connectivity index (χ1n) is 11.8. The molecule has 2 aliphatic heterocycles. The van der Waals surface area contributed by atoms with E-state index in [1.54, 1.807) is 32.2 Å². The summed E-state index contributed by atoms with van der Waals surface area (Å²) in [6.45, 7) is 4.80. The lowest BCUT2D eigenvalue weighted by Gasteiger charge is -2.29. The summed E-state index contributed by atoms with van der Waals surface area (Å²) >= 11 is 0. The normalized spacial score (nSPS) is 16.9. The van der Waals surface area contributed by atoms with Crippen LogP contribution in [0.4, 0.5) is 9.18 Å². The fraction of sp³-hybridized carbons (Fsp3) is 0.462. The van der Waals surface area contributed by atoms with Gasteiger partial charge in [-0.25, -0.2) is 9.18 Å². The number of carbonyl (C=O) groups is 2. The van der Waals surface area contributed by atoms with Gasteiger partial charge in [-0.15, -0.1) is 0 Å². The van der Waals surface area contributed by atoms with E-state index in [-0.39, 0.29) is 30.5 Å². The molecule has 2 N–H and O–H groups in total. The highest BCUT2D eigenvalue weighted by molar-refractivity contribution is 6.08. The molecule has 1 aromatic heterocycles. The maximum absolute atomic E-state index is 13.3. The van der Waals surface area contributed by atoms with Crippen LogP contribution in [0.3, 0.4) is 0 Å². The van der Waals surface area contributed by atoms with Crippen LogP contribution < -0.4 is 5.32 Å². The second kappa shape index (κ2) is 10.6.